The van der Waals surface area contributed by atoms with Gasteiger partial charge >= 0.3 is 0 Å². The third-order valence-corrected chi connectivity index (χ3v) is 9.10. The van der Waals surface area contributed by atoms with Crippen LogP contribution in [0.25, 0.3) is 6.08 Å². The molecule has 3 aliphatic heterocycles. The van der Waals surface area contributed by atoms with E-state index in [1.807, 2.05) is 65.6 Å². The van der Waals surface area contributed by atoms with E-state index in [2.05, 4.69) is 5.32 Å². The summed E-state index contributed by atoms with van der Waals surface area (Å²) in [7, 11) is 0. The molecular weight excluding hydrogens is 526 g/mol. The minimum atomic E-state index is -1.39. The highest BCUT2D eigenvalue weighted by molar-refractivity contribution is 7.12. The van der Waals surface area contributed by atoms with Gasteiger partial charge in [0.15, 0.2) is 11.6 Å². The Kier molecular flexibility index (Phi) is 5.33. The van der Waals surface area contributed by atoms with Crippen molar-refractivity contribution < 1.29 is 19.3 Å². The van der Waals surface area contributed by atoms with Gasteiger partial charge in [0.25, 0.3) is 5.69 Å². The maximum absolute atomic E-state index is 14.5. The van der Waals surface area contributed by atoms with Gasteiger partial charge in [-0.15, -0.1) is 11.3 Å². The fourth-order valence-electron chi connectivity index (χ4n) is 6.61. The number of thiophene rings is 1. The standard InChI is InChI=1S/C31H21N3O5S/c35-28(19-11-14-20(15-12-19)34(38)39)27-26(29(36)24-10-5-17-40-24)31(21-7-2-3-8-22(21)32-30(31)37)25-16-13-18-6-1-4-9-23(18)33(25)27/h1-17,25-27H,(H,32,37). The van der Waals surface area contributed by atoms with E-state index in [1.54, 1.807) is 17.5 Å². The summed E-state index contributed by atoms with van der Waals surface area (Å²) >= 11 is 1.27. The third-order valence-electron chi connectivity index (χ3n) is 8.22. The van der Waals surface area contributed by atoms with Crippen LogP contribution in [0.3, 0.4) is 0 Å². The Morgan fingerprint density at radius 2 is 1.68 bits per heavy atom. The number of hydrogen-bond donors (Lipinski definition) is 1. The molecule has 4 aromatic rings. The largest absolute Gasteiger partial charge is 0.352 e. The van der Waals surface area contributed by atoms with Crippen LogP contribution in [0.5, 0.6) is 0 Å². The van der Waals surface area contributed by atoms with Crippen molar-refractivity contribution in [2.24, 2.45) is 5.92 Å². The van der Waals surface area contributed by atoms with Gasteiger partial charge in [-0.3, -0.25) is 24.5 Å². The molecule has 9 heteroatoms. The van der Waals surface area contributed by atoms with E-state index in [0.717, 1.165) is 11.3 Å². The Hall–Kier alpha value is -4.89. The Balaban J connectivity index is 1.51. The summed E-state index contributed by atoms with van der Waals surface area (Å²) in [5.41, 5.74) is 1.61. The summed E-state index contributed by atoms with van der Waals surface area (Å²) in [6, 6.07) is 22.1. The fraction of sp³-hybridized carbons (Fsp3) is 0.129. The average Bonchev–Trinajstić information content (AvgIpc) is 3.69. The minimum Gasteiger partial charge on any atom is -0.352 e. The quantitative estimate of drug-likeness (QED) is 0.200. The molecule has 4 atom stereocenters. The van der Waals surface area contributed by atoms with Crippen LogP contribution < -0.4 is 10.2 Å². The molecule has 1 aromatic heterocycles. The molecule has 3 aliphatic rings. The second kappa shape index (κ2) is 8.82. The van der Waals surface area contributed by atoms with Crippen molar-refractivity contribution in [1.29, 1.82) is 0 Å². The molecule has 1 amide bonds. The molecule has 4 heterocycles. The summed E-state index contributed by atoms with van der Waals surface area (Å²) in [5, 5.41) is 16.1. The number of carbonyl (C=O) groups is 3. The van der Waals surface area contributed by atoms with Crippen molar-refractivity contribution in [2.75, 3.05) is 10.2 Å². The molecule has 1 N–H and O–H groups in total. The number of rotatable bonds is 5. The topological polar surface area (TPSA) is 110 Å². The molecule has 0 radical (unpaired) electrons. The van der Waals surface area contributed by atoms with Crippen molar-refractivity contribution in [3.63, 3.8) is 0 Å². The molecule has 4 unspecified atom stereocenters. The van der Waals surface area contributed by atoms with Gasteiger partial charge in [-0.2, -0.15) is 0 Å². The van der Waals surface area contributed by atoms with E-state index >= 15 is 0 Å². The second-order valence-electron chi connectivity index (χ2n) is 10.1. The number of non-ortho nitro benzene ring substituents is 1. The maximum atomic E-state index is 14.5. The van der Waals surface area contributed by atoms with Crippen LogP contribution in [0.4, 0.5) is 17.1 Å². The smallest absolute Gasteiger partial charge is 0.269 e. The molecule has 8 nitrogen and oxygen atoms in total. The van der Waals surface area contributed by atoms with Crippen LogP contribution in [0.2, 0.25) is 0 Å². The zero-order chi connectivity index (χ0) is 27.6. The molecule has 0 aliphatic carbocycles. The predicted molar refractivity (Wildman–Crippen MR) is 152 cm³/mol. The number of fused-ring (bicyclic) bond motifs is 6. The Morgan fingerprint density at radius 1 is 0.925 bits per heavy atom. The number of nitrogens with zero attached hydrogens (tertiary/aromatic N) is 2. The van der Waals surface area contributed by atoms with E-state index in [1.165, 1.54) is 35.6 Å². The molecule has 1 spiro atoms. The van der Waals surface area contributed by atoms with Gasteiger partial charge < -0.3 is 10.2 Å². The summed E-state index contributed by atoms with van der Waals surface area (Å²) in [6.07, 6.45) is 3.86. The van der Waals surface area contributed by atoms with E-state index in [4.69, 9.17) is 0 Å². The van der Waals surface area contributed by atoms with Gasteiger partial charge in [0.05, 0.1) is 21.8 Å². The number of hydrogen-bond acceptors (Lipinski definition) is 7. The lowest BCUT2D eigenvalue weighted by Crippen LogP contribution is -2.51. The fourth-order valence-corrected chi connectivity index (χ4v) is 7.31. The minimum absolute atomic E-state index is 0.140. The average molecular weight is 548 g/mol. The van der Waals surface area contributed by atoms with Crippen LogP contribution in [0, 0.1) is 16.0 Å². The van der Waals surface area contributed by atoms with Crippen molar-refractivity contribution in [3.8, 4) is 0 Å². The second-order valence-corrected chi connectivity index (χ2v) is 11.0. The van der Waals surface area contributed by atoms with Gasteiger partial charge in [0, 0.05) is 29.1 Å². The predicted octanol–water partition coefficient (Wildman–Crippen LogP) is 5.51. The first-order valence-electron chi connectivity index (χ1n) is 12.8. The highest BCUT2D eigenvalue weighted by Gasteiger charge is 2.70. The molecule has 0 saturated carbocycles. The first kappa shape index (κ1) is 24.2. The Bertz CT molecular complexity index is 1750. The monoisotopic (exact) mass is 547 g/mol. The summed E-state index contributed by atoms with van der Waals surface area (Å²) in [6.45, 7) is 0. The number of carbonyl (C=O) groups excluding carboxylic acids is 3. The first-order chi connectivity index (χ1) is 19.4. The highest BCUT2D eigenvalue weighted by Crippen LogP contribution is 2.58. The van der Waals surface area contributed by atoms with E-state index in [9.17, 15) is 24.5 Å². The Morgan fingerprint density at radius 3 is 2.42 bits per heavy atom. The number of nitro groups is 1. The third kappa shape index (κ3) is 3.21. The molecule has 0 bridgehead atoms. The normalized spacial score (nSPS) is 23.9. The van der Waals surface area contributed by atoms with Crippen LogP contribution >= 0.6 is 11.3 Å². The number of amides is 1. The highest BCUT2D eigenvalue weighted by atomic mass is 32.1. The van der Waals surface area contributed by atoms with Crippen LogP contribution in [-0.2, 0) is 10.2 Å². The number of anilines is 2. The van der Waals surface area contributed by atoms with E-state index in [0.29, 0.717) is 16.1 Å². The zero-order valence-corrected chi connectivity index (χ0v) is 21.7. The lowest BCUT2D eigenvalue weighted by molar-refractivity contribution is -0.384. The lowest BCUT2D eigenvalue weighted by atomic mass is 9.64. The van der Waals surface area contributed by atoms with Crippen molar-refractivity contribution in [1.82, 2.24) is 0 Å². The number of nitro benzene ring substituents is 1. The molecule has 3 aromatic carbocycles. The molecular formula is C31H21N3O5S. The molecule has 1 saturated heterocycles. The van der Waals surface area contributed by atoms with Crippen LogP contribution in [0.1, 0.15) is 31.2 Å². The van der Waals surface area contributed by atoms with Crippen molar-refractivity contribution in [3.05, 3.63) is 128 Å². The van der Waals surface area contributed by atoms with Crippen molar-refractivity contribution in [2.45, 2.75) is 17.5 Å². The summed E-state index contributed by atoms with van der Waals surface area (Å²) < 4.78 is 0. The molecule has 40 heavy (non-hydrogen) atoms. The van der Waals surface area contributed by atoms with E-state index < -0.39 is 28.3 Å². The lowest BCUT2D eigenvalue weighted by Gasteiger charge is -2.37. The number of Topliss-reactive ketones (excluding diaryl/α,β-unsaturated/α-hetero) is 2. The maximum Gasteiger partial charge on any atom is 0.269 e. The first-order valence-corrected chi connectivity index (χ1v) is 13.6. The van der Waals surface area contributed by atoms with Gasteiger partial charge in [0.1, 0.15) is 11.5 Å². The van der Waals surface area contributed by atoms with Gasteiger partial charge in [-0.05, 0) is 46.8 Å². The number of ketones is 2. The molecule has 7 rings (SSSR count). The number of benzene rings is 3. The van der Waals surface area contributed by atoms with Gasteiger partial charge in [-0.1, -0.05) is 54.6 Å². The molecule has 196 valence electrons. The van der Waals surface area contributed by atoms with Crippen LogP contribution in [-0.4, -0.2) is 34.5 Å². The zero-order valence-electron chi connectivity index (χ0n) is 20.9. The van der Waals surface area contributed by atoms with E-state index in [-0.39, 0.29) is 28.7 Å². The Labute approximate surface area is 232 Å². The summed E-state index contributed by atoms with van der Waals surface area (Å²) in [4.78, 5) is 56.4. The van der Waals surface area contributed by atoms with Gasteiger partial charge in [0.2, 0.25) is 5.91 Å². The number of para-hydroxylation sites is 2. The van der Waals surface area contributed by atoms with Crippen LogP contribution in [0.15, 0.2) is 96.4 Å². The summed E-state index contributed by atoms with van der Waals surface area (Å²) in [5.74, 6) is -2.07. The molecule has 1 fully saturated rings. The van der Waals surface area contributed by atoms with Crippen molar-refractivity contribution >= 4 is 51.9 Å². The number of nitrogens with one attached hydrogen (secondary N) is 1. The van der Waals surface area contributed by atoms with Gasteiger partial charge in [-0.25, -0.2) is 0 Å². The SMILES string of the molecule is O=C(c1ccc([N+](=O)[O-])cc1)C1C(C(=O)c2cccs2)C2(C(=O)Nc3ccccc32)C2C=Cc3ccccc3N12.